The number of furan rings is 1. The van der Waals surface area contributed by atoms with E-state index in [-0.39, 0.29) is 12.3 Å². The average molecular weight is 257 g/mol. The Morgan fingerprint density at radius 3 is 2.89 bits per heavy atom. The fraction of sp³-hybridized carbons (Fsp3) is 0.154. The van der Waals surface area contributed by atoms with E-state index >= 15 is 0 Å². The molecule has 0 saturated carbocycles. The largest absolute Gasteiger partial charge is 0.467 e. The van der Waals surface area contributed by atoms with Crippen LogP contribution in [0.3, 0.4) is 0 Å². The highest BCUT2D eigenvalue weighted by atomic mass is 16.3. The third kappa shape index (κ3) is 2.97. The lowest BCUT2D eigenvalue weighted by molar-refractivity contribution is 0.0902. The van der Waals surface area contributed by atoms with Crippen LogP contribution in [-0.4, -0.2) is 22.6 Å². The van der Waals surface area contributed by atoms with Gasteiger partial charge in [0.15, 0.2) is 0 Å². The number of hydrogen-bond donors (Lipinski definition) is 2. The molecule has 1 atom stereocenters. The van der Waals surface area contributed by atoms with Crippen LogP contribution in [-0.2, 0) is 0 Å². The molecular formula is C13H11N3O3. The fourth-order valence-electron chi connectivity index (χ4n) is 1.52. The van der Waals surface area contributed by atoms with E-state index in [0.717, 1.165) is 0 Å². The molecule has 2 heterocycles. The summed E-state index contributed by atoms with van der Waals surface area (Å²) in [5.74, 6) is 0.0180. The summed E-state index contributed by atoms with van der Waals surface area (Å²) in [6, 6.07) is 7.58. The molecule has 6 nitrogen and oxygen atoms in total. The summed E-state index contributed by atoms with van der Waals surface area (Å²) in [6.45, 7) is -0.282. The molecule has 2 aromatic rings. The number of carbonyl (C=O) groups is 1. The van der Waals surface area contributed by atoms with Gasteiger partial charge in [-0.15, -0.1) is 0 Å². The highest BCUT2D eigenvalue weighted by molar-refractivity contribution is 5.92. The van der Waals surface area contributed by atoms with Crippen LogP contribution in [0.25, 0.3) is 0 Å². The number of rotatable bonds is 4. The zero-order valence-corrected chi connectivity index (χ0v) is 9.91. The molecule has 2 aromatic heterocycles. The van der Waals surface area contributed by atoms with Gasteiger partial charge in [-0.05, 0) is 24.3 Å². The van der Waals surface area contributed by atoms with Crippen molar-refractivity contribution < 1.29 is 14.3 Å². The van der Waals surface area contributed by atoms with Gasteiger partial charge in [0.05, 0.1) is 18.4 Å². The molecule has 0 aliphatic rings. The van der Waals surface area contributed by atoms with Crippen molar-refractivity contribution in [1.29, 1.82) is 5.26 Å². The maximum absolute atomic E-state index is 11.9. The number of nitrogens with one attached hydrogen (secondary N) is 1. The highest BCUT2D eigenvalue weighted by Crippen LogP contribution is 2.13. The van der Waals surface area contributed by atoms with Gasteiger partial charge < -0.3 is 14.8 Å². The Morgan fingerprint density at radius 2 is 2.37 bits per heavy atom. The highest BCUT2D eigenvalue weighted by Gasteiger charge is 2.17. The number of hydrogen-bond acceptors (Lipinski definition) is 5. The number of aliphatic hydroxyl groups excluding tert-OH is 1. The number of nitriles is 1. The monoisotopic (exact) mass is 257 g/mol. The minimum Gasteiger partial charge on any atom is -0.467 e. The van der Waals surface area contributed by atoms with Crippen LogP contribution >= 0.6 is 0 Å². The first-order chi connectivity index (χ1) is 9.24. The van der Waals surface area contributed by atoms with Crippen molar-refractivity contribution in [2.24, 2.45) is 0 Å². The van der Waals surface area contributed by atoms with Gasteiger partial charge in [-0.3, -0.25) is 4.79 Å². The van der Waals surface area contributed by atoms with Crippen molar-refractivity contribution in [3.05, 3.63) is 53.7 Å². The number of amides is 1. The van der Waals surface area contributed by atoms with Crippen LogP contribution in [0.2, 0.25) is 0 Å². The number of nitrogens with zero attached hydrogens (tertiary/aromatic N) is 2. The van der Waals surface area contributed by atoms with Crippen LogP contribution in [0.5, 0.6) is 0 Å². The Labute approximate surface area is 109 Å². The number of aliphatic hydroxyl groups is 1. The standard InChI is InChI=1S/C13H11N3O3/c14-6-9-3-4-10(15-7-9)13(18)16-11(8-17)12-2-1-5-19-12/h1-5,7,11,17H,8H2,(H,16,18). The van der Waals surface area contributed by atoms with Gasteiger partial charge in [-0.1, -0.05) is 0 Å². The second kappa shape index (κ2) is 5.80. The van der Waals surface area contributed by atoms with E-state index in [1.165, 1.54) is 24.6 Å². The molecule has 2 rings (SSSR count). The average Bonchev–Trinajstić information content (AvgIpc) is 2.98. The maximum Gasteiger partial charge on any atom is 0.270 e. The molecule has 0 aromatic carbocycles. The summed E-state index contributed by atoms with van der Waals surface area (Å²) in [5.41, 5.74) is 0.547. The van der Waals surface area contributed by atoms with Crippen molar-refractivity contribution in [2.45, 2.75) is 6.04 Å². The summed E-state index contributed by atoms with van der Waals surface area (Å²) in [5, 5.41) is 20.5. The normalized spacial score (nSPS) is 11.6. The van der Waals surface area contributed by atoms with E-state index < -0.39 is 11.9 Å². The molecule has 1 amide bonds. The van der Waals surface area contributed by atoms with Gasteiger partial charge >= 0.3 is 0 Å². The second-order valence-electron chi connectivity index (χ2n) is 3.77. The molecule has 2 N–H and O–H groups in total. The van der Waals surface area contributed by atoms with Gasteiger partial charge in [-0.25, -0.2) is 4.98 Å². The summed E-state index contributed by atoms with van der Waals surface area (Å²) < 4.78 is 5.12. The van der Waals surface area contributed by atoms with Gasteiger partial charge in [0, 0.05) is 6.20 Å². The van der Waals surface area contributed by atoms with Crippen LogP contribution in [0.4, 0.5) is 0 Å². The third-order valence-electron chi connectivity index (χ3n) is 2.50. The lowest BCUT2D eigenvalue weighted by Crippen LogP contribution is -2.31. The molecule has 0 fully saturated rings. The predicted octanol–water partition coefficient (Wildman–Crippen LogP) is 1.01. The summed E-state index contributed by atoms with van der Waals surface area (Å²) in [6.07, 6.45) is 2.78. The fourth-order valence-corrected chi connectivity index (χ4v) is 1.52. The Kier molecular flexibility index (Phi) is 3.90. The molecule has 0 saturated heterocycles. The summed E-state index contributed by atoms with van der Waals surface area (Å²) in [7, 11) is 0. The van der Waals surface area contributed by atoms with Crippen molar-refractivity contribution in [3.63, 3.8) is 0 Å². The minimum absolute atomic E-state index is 0.170. The first-order valence-electron chi connectivity index (χ1n) is 5.56. The lowest BCUT2D eigenvalue weighted by Gasteiger charge is -2.13. The van der Waals surface area contributed by atoms with Crippen LogP contribution in [0.15, 0.2) is 41.1 Å². The van der Waals surface area contributed by atoms with E-state index in [0.29, 0.717) is 11.3 Å². The summed E-state index contributed by atoms with van der Waals surface area (Å²) in [4.78, 5) is 15.8. The smallest absolute Gasteiger partial charge is 0.270 e. The molecule has 0 bridgehead atoms. The van der Waals surface area contributed by atoms with E-state index in [1.54, 1.807) is 12.1 Å². The molecule has 0 aliphatic carbocycles. The second-order valence-corrected chi connectivity index (χ2v) is 3.77. The van der Waals surface area contributed by atoms with E-state index in [9.17, 15) is 9.90 Å². The van der Waals surface area contributed by atoms with Crippen molar-refractivity contribution in [1.82, 2.24) is 10.3 Å². The Bertz CT molecular complexity index is 585. The Hall–Kier alpha value is -2.65. The van der Waals surface area contributed by atoms with Gasteiger partial charge in [0.2, 0.25) is 0 Å². The first-order valence-corrected chi connectivity index (χ1v) is 5.56. The zero-order valence-electron chi connectivity index (χ0n) is 9.91. The molecule has 96 valence electrons. The van der Waals surface area contributed by atoms with Crippen molar-refractivity contribution in [3.8, 4) is 6.07 Å². The van der Waals surface area contributed by atoms with Crippen molar-refractivity contribution >= 4 is 5.91 Å². The maximum atomic E-state index is 11.9. The molecule has 6 heteroatoms. The molecular weight excluding hydrogens is 246 g/mol. The van der Waals surface area contributed by atoms with E-state index in [1.807, 2.05) is 6.07 Å². The molecule has 19 heavy (non-hydrogen) atoms. The van der Waals surface area contributed by atoms with Crippen LogP contribution in [0, 0.1) is 11.3 Å². The SMILES string of the molecule is N#Cc1ccc(C(=O)NC(CO)c2ccco2)nc1. The van der Waals surface area contributed by atoms with E-state index in [4.69, 9.17) is 9.68 Å². The zero-order chi connectivity index (χ0) is 13.7. The molecule has 0 radical (unpaired) electrons. The van der Waals surface area contributed by atoms with Crippen LogP contribution < -0.4 is 5.32 Å². The number of pyridine rings is 1. The number of carbonyl (C=O) groups excluding carboxylic acids is 1. The third-order valence-corrected chi connectivity index (χ3v) is 2.50. The first kappa shape index (κ1) is 12.8. The van der Waals surface area contributed by atoms with Crippen molar-refractivity contribution in [2.75, 3.05) is 6.61 Å². The minimum atomic E-state index is -0.625. The molecule has 0 aliphatic heterocycles. The lowest BCUT2D eigenvalue weighted by atomic mass is 10.2. The predicted molar refractivity (Wildman–Crippen MR) is 65.0 cm³/mol. The van der Waals surface area contributed by atoms with Gasteiger partial charge in [0.25, 0.3) is 5.91 Å². The molecule has 0 spiro atoms. The van der Waals surface area contributed by atoms with E-state index in [2.05, 4.69) is 10.3 Å². The number of aromatic nitrogens is 1. The summed E-state index contributed by atoms with van der Waals surface area (Å²) >= 11 is 0. The topological polar surface area (TPSA) is 99.2 Å². The van der Waals surface area contributed by atoms with Crippen LogP contribution in [0.1, 0.15) is 27.9 Å². The van der Waals surface area contributed by atoms with Gasteiger partial charge in [-0.2, -0.15) is 5.26 Å². The Morgan fingerprint density at radius 1 is 1.53 bits per heavy atom. The quantitative estimate of drug-likeness (QED) is 0.851. The molecule has 1 unspecified atom stereocenters. The van der Waals surface area contributed by atoms with Gasteiger partial charge in [0.1, 0.15) is 23.6 Å². The Balaban J connectivity index is 2.09.